The first-order valence-corrected chi connectivity index (χ1v) is 14.5. The molecule has 1 saturated heterocycles. The first-order chi connectivity index (χ1) is 18.4. The van der Waals surface area contributed by atoms with E-state index in [4.69, 9.17) is 10.8 Å². The maximum absolute atomic E-state index is 13.5. The Bertz CT molecular complexity index is 1250. The van der Waals surface area contributed by atoms with Crippen molar-refractivity contribution in [2.24, 2.45) is 5.73 Å². The van der Waals surface area contributed by atoms with Crippen LogP contribution in [0.15, 0.2) is 54.6 Å². The Hall–Kier alpha value is -3.64. The van der Waals surface area contributed by atoms with Crippen LogP contribution in [0.3, 0.4) is 0 Å². The van der Waals surface area contributed by atoms with E-state index in [9.17, 15) is 22.8 Å². The van der Waals surface area contributed by atoms with Crippen molar-refractivity contribution in [2.75, 3.05) is 41.6 Å². The molecule has 39 heavy (non-hydrogen) atoms. The molecule has 2 aromatic rings. The number of carboxylic acids is 1. The Kier molecular flexibility index (Phi) is 9.92. The van der Waals surface area contributed by atoms with Crippen molar-refractivity contribution in [1.29, 1.82) is 0 Å². The smallest absolute Gasteiger partial charge is 0.320 e. The maximum atomic E-state index is 13.5. The minimum Gasteiger partial charge on any atom is -0.480 e. The van der Waals surface area contributed by atoms with Crippen LogP contribution >= 0.6 is 0 Å². The van der Waals surface area contributed by atoms with E-state index in [2.05, 4.69) is 10.0 Å². The van der Waals surface area contributed by atoms with Crippen molar-refractivity contribution in [2.45, 2.75) is 44.7 Å². The molecule has 1 fully saturated rings. The summed E-state index contributed by atoms with van der Waals surface area (Å²) in [4.78, 5) is 40.7. The third kappa shape index (κ3) is 8.96. The highest BCUT2D eigenvalue weighted by Gasteiger charge is 2.32. The van der Waals surface area contributed by atoms with Crippen LogP contribution in [-0.2, 0) is 30.8 Å². The van der Waals surface area contributed by atoms with Crippen LogP contribution in [-0.4, -0.2) is 79.7 Å². The number of carbonyl (C=O) groups excluding carboxylic acids is 2. The molecule has 0 aromatic heterocycles. The Labute approximate surface area is 229 Å². The van der Waals surface area contributed by atoms with Crippen LogP contribution in [0.25, 0.3) is 0 Å². The van der Waals surface area contributed by atoms with Gasteiger partial charge in [-0.25, -0.2) is 8.42 Å². The third-order valence-electron chi connectivity index (χ3n) is 6.40. The standard InChI is InChI=1S/C27H37N5O6S/c1-27(2,28)26(36)29-22(13-8-11-20-9-4-3-5-10-20)25(35)32-17-15-31(16-18-32)23-14-7-6-12-21(23)30-39(37,38)19-24(33)34/h3-7,9-10,12,14,22,30H,8,11,13,15-19,28H2,1-2H3,(H,29,36)(H,33,34)/t22-/m1/s1. The molecule has 0 saturated carbocycles. The fraction of sp³-hybridized carbons (Fsp3) is 0.444. The summed E-state index contributed by atoms with van der Waals surface area (Å²) in [5.41, 5.74) is 6.86. The third-order valence-corrected chi connectivity index (χ3v) is 7.56. The summed E-state index contributed by atoms with van der Waals surface area (Å²) in [5.74, 6) is -3.08. The molecular weight excluding hydrogens is 522 g/mol. The molecular formula is C27H37N5O6S. The van der Waals surface area contributed by atoms with Crippen LogP contribution in [0, 0.1) is 0 Å². The lowest BCUT2D eigenvalue weighted by Gasteiger charge is -2.38. The second kappa shape index (κ2) is 12.9. The highest BCUT2D eigenvalue weighted by Crippen LogP contribution is 2.28. The Morgan fingerprint density at radius 3 is 2.23 bits per heavy atom. The van der Waals surface area contributed by atoms with Crippen molar-refractivity contribution in [3.8, 4) is 0 Å². The van der Waals surface area contributed by atoms with Gasteiger partial charge >= 0.3 is 5.97 Å². The van der Waals surface area contributed by atoms with E-state index in [1.807, 2.05) is 35.2 Å². The Balaban J connectivity index is 1.66. The Morgan fingerprint density at radius 2 is 1.62 bits per heavy atom. The monoisotopic (exact) mass is 559 g/mol. The minimum absolute atomic E-state index is 0.184. The number of amides is 2. The number of rotatable bonds is 12. The van der Waals surface area contributed by atoms with Crippen molar-refractivity contribution in [3.63, 3.8) is 0 Å². The molecule has 1 aliphatic rings. The normalized spacial score (nSPS) is 14.9. The van der Waals surface area contributed by atoms with Crippen LogP contribution < -0.4 is 20.7 Å². The number of hydrogen-bond acceptors (Lipinski definition) is 7. The predicted octanol–water partition coefficient (Wildman–Crippen LogP) is 1.41. The largest absolute Gasteiger partial charge is 0.480 e. The summed E-state index contributed by atoms with van der Waals surface area (Å²) >= 11 is 0. The molecule has 5 N–H and O–H groups in total. The molecule has 0 radical (unpaired) electrons. The molecule has 12 heteroatoms. The molecule has 1 atom stereocenters. The number of piperazine rings is 1. The van der Waals surface area contributed by atoms with E-state index in [0.717, 1.165) is 12.0 Å². The van der Waals surface area contributed by atoms with Gasteiger partial charge in [0.2, 0.25) is 21.8 Å². The van der Waals surface area contributed by atoms with Crippen molar-refractivity contribution in [1.82, 2.24) is 10.2 Å². The molecule has 2 amide bonds. The molecule has 212 valence electrons. The van der Waals surface area contributed by atoms with Crippen LogP contribution in [0.1, 0.15) is 32.3 Å². The van der Waals surface area contributed by atoms with E-state index < -0.39 is 39.2 Å². The number of nitrogens with one attached hydrogen (secondary N) is 2. The van der Waals surface area contributed by atoms with Gasteiger partial charge in [-0.3, -0.25) is 19.1 Å². The van der Waals surface area contributed by atoms with Gasteiger partial charge in [0.15, 0.2) is 5.75 Å². The van der Waals surface area contributed by atoms with Crippen LogP contribution in [0.2, 0.25) is 0 Å². The molecule has 0 spiro atoms. The van der Waals surface area contributed by atoms with Gasteiger partial charge in [-0.2, -0.15) is 0 Å². The lowest BCUT2D eigenvalue weighted by molar-refractivity contribution is -0.138. The lowest BCUT2D eigenvalue weighted by Crippen LogP contribution is -2.58. The quantitative estimate of drug-likeness (QED) is 0.303. The van der Waals surface area contributed by atoms with Gasteiger partial charge in [0.05, 0.1) is 16.9 Å². The molecule has 2 aromatic carbocycles. The van der Waals surface area contributed by atoms with E-state index in [1.165, 1.54) is 0 Å². The lowest BCUT2D eigenvalue weighted by atomic mass is 10.0. The minimum atomic E-state index is -4.07. The van der Waals surface area contributed by atoms with Crippen molar-refractivity contribution >= 4 is 39.2 Å². The molecule has 0 bridgehead atoms. The van der Waals surface area contributed by atoms with Gasteiger partial charge in [0, 0.05) is 26.2 Å². The zero-order valence-electron chi connectivity index (χ0n) is 22.3. The van der Waals surface area contributed by atoms with Crippen LogP contribution in [0.4, 0.5) is 11.4 Å². The predicted molar refractivity (Wildman–Crippen MR) is 150 cm³/mol. The fourth-order valence-electron chi connectivity index (χ4n) is 4.35. The van der Waals surface area contributed by atoms with E-state index in [1.54, 1.807) is 43.0 Å². The second-order valence-electron chi connectivity index (χ2n) is 10.2. The number of nitrogens with two attached hydrogens (primary N) is 1. The highest BCUT2D eigenvalue weighted by atomic mass is 32.2. The second-order valence-corrected chi connectivity index (χ2v) is 11.9. The first kappa shape index (κ1) is 29.9. The summed E-state index contributed by atoms with van der Waals surface area (Å²) in [6, 6.07) is 15.9. The number of sulfonamides is 1. The van der Waals surface area contributed by atoms with Crippen LogP contribution in [0.5, 0.6) is 0 Å². The first-order valence-electron chi connectivity index (χ1n) is 12.8. The van der Waals surface area contributed by atoms with Gasteiger partial charge in [-0.15, -0.1) is 0 Å². The summed E-state index contributed by atoms with van der Waals surface area (Å²) in [6.07, 6.45) is 1.94. The average molecular weight is 560 g/mol. The number of aryl methyl sites for hydroxylation is 1. The maximum Gasteiger partial charge on any atom is 0.320 e. The molecule has 1 aliphatic heterocycles. The average Bonchev–Trinajstić information content (AvgIpc) is 2.87. The molecule has 1 heterocycles. The zero-order chi connectivity index (χ0) is 28.6. The van der Waals surface area contributed by atoms with Crippen molar-refractivity contribution in [3.05, 3.63) is 60.2 Å². The number of carbonyl (C=O) groups is 3. The number of para-hydroxylation sites is 2. The molecule has 0 aliphatic carbocycles. The Morgan fingerprint density at radius 1 is 1.00 bits per heavy atom. The van der Waals surface area contributed by atoms with Gasteiger partial charge < -0.3 is 26.0 Å². The molecule has 11 nitrogen and oxygen atoms in total. The summed E-state index contributed by atoms with van der Waals surface area (Å²) < 4.78 is 26.7. The van der Waals surface area contributed by atoms with E-state index >= 15 is 0 Å². The fourth-order valence-corrected chi connectivity index (χ4v) is 5.25. The van der Waals surface area contributed by atoms with Gasteiger partial charge in [-0.05, 0) is 50.8 Å². The molecule has 0 unspecified atom stereocenters. The summed E-state index contributed by atoms with van der Waals surface area (Å²) in [7, 11) is -4.07. The van der Waals surface area contributed by atoms with E-state index in [-0.39, 0.29) is 11.6 Å². The topological polar surface area (TPSA) is 162 Å². The zero-order valence-corrected chi connectivity index (χ0v) is 23.1. The number of aliphatic carboxylic acids is 1. The number of anilines is 2. The number of nitrogens with zero attached hydrogens (tertiary/aromatic N) is 2. The number of carboxylic acid groups (broad SMARTS) is 1. The summed E-state index contributed by atoms with van der Waals surface area (Å²) in [5, 5.41) is 11.7. The molecule has 3 rings (SSSR count). The van der Waals surface area contributed by atoms with Gasteiger partial charge in [0.1, 0.15) is 6.04 Å². The van der Waals surface area contributed by atoms with Crippen molar-refractivity contribution < 1.29 is 27.9 Å². The summed E-state index contributed by atoms with van der Waals surface area (Å²) in [6.45, 7) is 4.77. The van der Waals surface area contributed by atoms with E-state index in [0.29, 0.717) is 44.7 Å². The van der Waals surface area contributed by atoms with Gasteiger partial charge in [-0.1, -0.05) is 42.5 Å². The van der Waals surface area contributed by atoms with Gasteiger partial charge in [0.25, 0.3) is 0 Å². The SMILES string of the molecule is CC(C)(N)C(=O)N[C@H](CCCc1ccccc1)C(=O)N1CCN(c2ccccc2NS(=O)(=O)CC(=O)O)CC1. The number of hydrogen-bond donors (Lipinski definition) is 4. The highest BCUT2D eigenvalue weighted by molar-refractivity contribution is 7.93. The number of benzene rings is 2.